The molecule has 0 amide bonds. The van der Waals surface area contributed by atoms with Crippen molar-refractivity contribution in [3.8, 4) is 23.1 Å². The second-order valence-electron chi connectivity index (χ2n) is 4.33. The fourth-order valence-corrected chi connectivity index (χ4v) is 1.71. The average Bonchev–Trinajstić information content (AvgIpc) is 2.92. The summed E-state index contributed by atoms with van der Waals surface area (Å²) in [7, 11) is 0. The molecule has 0 saturated heterocycles. The van der Waals surface area contributed by atoms with Crippen molar-refractivity contribution in [1.82, 2.24) is 10.2 Å². The Labute approximate surface area is 114 Å². The molecule has 0 radical (unpaired) electrons. The Morgan fingerprint density at radius 3 is 2.89 bits per heavy atom. The van der Waals surface area contributed by atoms with Gasteiger partial charge in [0.25, 0.3) is 0 Å². The van der Waals surface area contributed by atoms with Gasteiger partial charge in [-0.25, -0.2) is 0 Å². The summed E-state index contributed by atoms with van der Waals surface area (Å²) < 4.78 is 0. The maximum Gasteiger partial charge on any atom is 0.0926 e. The Hall–Kier alpha value is -2.27. The maximum atomic E-state index is 4.29. The van der Waals surface area contributed by atoms with E-state index < -0.39 is 0 Å². The maximum absolute atomic E-state index is 4.29. The fraction of sp³-hybridized carbons (Fsp3) is 0.235. The van der Waals surface area contributed by atoms with Crippen LogP contribution in [0.2, 0.25) is 0 Å². The molecule has 19 heavy (non-hydrogen) atoms. The highest BCUT2D eigenvalue weighted by Gasteiger charge is 2.00. The lowest BCUT2D eigenvalue weighted by Crippen LogP contribution is -1.75. The lowest BCUT2D eigenvalue weighted by Gasteiger charge is -1.92. The van der Waals surface area contributed by atoms with Crippen LogP contribution >= 0.6 is 0 Å². The molecule has 0 aliphatic rings. The molecule has 0 saturated carbocycles. The van der Waals surface area contributed by atoms with Crippen LogP contribution in [0.1, 0.15) is 31.9 Å². The molecule has 0 aliphatic heterocycles. The monoisotopic (exact) mass is 250 g/mol. The number of aromatic nitrogens is 2. The Bertz CT molecular complexity index is 582. The molecule has 0 fully saturated rings. The molecule has 1 heterocycles. The van der Waals surface area contributed by atoms with Crippen molar-refractivity contribution in [3.05, 3.63) is 48.2 Å². The van der Waals surface area contributed by atoms with E-state index >= 15 is 0 Å². The standard InChI is InChI=1S/C17H18N2/c1-2-3-4-5-6-10-13-16-14-17(19-18-16)15-11-8-7-9-12-15/h7-14H,2-4H2,1H3,(H,18,19)/b13-10+. The molecule has 0 unspecified atom stereocenters. The van der Waals surface area contributed by atoms with Gasteiger partial charge in [-0.1, -0.05) is 55.5 Å². The number of hydrogen-bond acceptors (Lipinski definition) is 1. The van der Waals surface area contributed by atoms with E-state index in [2.05, 4.69) is 29.0 Å². The van der Waals surface area contributed by atoms with Crippen LogP contribution in [0.5, 0.6) is 0 Å². The number of hydrogen-bond donors (Lipinski definition) is 1. The van der Waals surface area contributed by atoms with E-state index in [1.54, 1.807) is 0 Å². The zero-order valence-electron chi connectivity index (χ0n) is 11.2. The molecule has 0 atom stereocenters. The second kappa shape index (κ2) is 7.23. The van der Waals surface area contributed by atoms with Crippen LogP contribution < -0.4 is 0 Å². The third kappa shape index (κ3) is 4.15. The van der Waals surface area contributed by atoms with Gasteiger partial charge >= 0.3 is 0 Å². The summed E-state index contributed by atoms with van der Waals surface area (Å²) in [5.41, 5.74) is 3.05. The van der Waals surface area contributed by atoms with Gasteiger partial charge in [0, 0.05) is 12.0 Å². The largest absolute Gasteiger partial charge is 0.278 e. The Morgan fingerprint density at radius 2 is 2.11 bits per heavy atom. The molecule has 2 rings (SSSR count). The quantitative estimate of drug-likeness (QED) is 0.636. The molecule has 2 nitrogen and oxygen atoms in total. The SMILES string of the molecule is CCCCC#C/C=C/c1cc(-c2ccccc2)n[nH]1. The number of aromatic amines is 1. The first-order valence-corrected chi connectivity index (χ1v) is 6.66. The third-order valence-electron chi connectivity index (χ3n) is 2.77. The van der Waals surface area contributed by atoms with Crippen molar-refractivity contribution in [2.75, 3.05) is 0 Å². The van der Waals surface area contributed by atoms with Gasteiger partial charge in [0.05, 0.1) is 11.4 Å². The lowest BCUT2D eigenvalue weighted by molar-refractivity contribution is 0.828. The van der Waals surface area contributed by atoms with E-state index in [4.69, 9.17) is 0 Å². The van der Waals surface area contributed by atoms with E-state index in [0.717, 1.165) is 23.4 Å². The van der Waals surface area contributed by atoms with Crippen LogP contribution in [0.25, 0.3) is 17.3 Å². The number of nitrogens with one attached hydrogen (secondary N) is 1. The molecule has 96 valence electrons. The topological polar surface area (TPSA) is 28.7 Å². The highest BCUT2D eigenvalue weighted by atomic mass is 15.1. The number of benzene rings is 1. The summed E-state index contributed by atoms with van der Waals surface area (Å²) in [5, 5.41) is 7.29. The minimum Gasteiger partial charge on any atom is -0.278 e. The van der Waals surface area contributed by atoms with Crippen molar-refractivity contribution in [2.45, 2.75) is 26.2 Å². The van der Waals surface area contributed by atoms with Gasteiger partial charge in [-0.2, -0.15) is 5.10 Å². The van der Waals surface area contributed by atoms with Crippen LogP contribution in [0.3, 0.4) is 0 Å². The van der Waals surface area contributed by atoms with E-state index in [9.17, 15) is 0 Å². The lowest BCUT2D eigenvalue weighted by atomic mass is 10.1. The van der Waals surface area contributed by atoms with Crippen molar-refractivity contribution >= 4 is 6.08 Å². The van der Waals surface area contributed by atoms with Crippen LogP contribution in [-0.4, -0.2) is 10.2 Å². The molecule has 0 spiro atoms. The van der Waals surface area contributed by atoms with Crippen molar-refractivity contribution in [3.63, 3.8) is 0 Å². The van der Waals surface area contributed by atoms with Crippen LogP contribution in [0, 0.1) is 11.8 Å². The third-order valence-corrected chi connectivity index (χ3v) is 2.77. The van der Waals surface area contributed by atoms with Gasteiger partial charge in [-0.15, -0.1) is 0 Å². The summed E-state index contributed by atoms with van der Waals surface area (Å²) >= 11 is 0. The highest BCUT2D eigenvalue weighted by Crippen LogP contribution is 2.17. The van der Waals surface area contributed by atoms with Gasteiger partial charge in [0.2, 0.25) is 0 Å². The second-order valence-corrected chi connectivity index (χ2v) is 4.33. The predicted octanol–water partition coefficient (Wildman–Crippen LogP) is 4.28. The summed E-state index contributed by atoms with van der Waals surface area (Å²) in [6, 6.07) is 12.2. The summed E-state index contributed by atoms with van der Waals surface area (Å²) in [6.45, 7) is 2.17. The van der Waals surface area contributed by atoms with Gasteiger partial charge < -0.3 is 0 Å². The fourth-order valence-electron chi connectivity index (χ4n) is 1.71. The average molecular weight is 250 g/mol. The first kappa shape index (κ1) is 13.2. The molecule has 1 aromatic heterocycles. The smallest absolute Gasteiger partial charge is 0.0926 e. The number of unbranched alkanes of at least 4 members (excludes halogenated alkanes) is 2. The first-order chi connectivity index (χ1) is 9.40. The van der Waals surface area contributed by atoms with E-state index in [1.807, 2.05) is 48.6 Å². The van der Waals surface area contributed by atoms with Crippen LogP contribution in [0.15, 0.2) is 42.5 Å². The molecule has 2 heteroatoms. The predicted molar refractivity (Wildman–Crippen MR) is 80.4 cm³/mol. The van der Waals surface area contributed by atoms with Gasteiger partial charge in [-0.05, 0) is 24.6 Å². The Morgan fingerprint density at radius 1 is 1.26 bits per heavy atom. The van der Waals surface area contributed by atoms with Crippen molar-refractivity contribution in [2.24, 2.45) is 0 Å². The molecule has 2 aromatic rings. The first-order valence-electron chi connectivity index (χ1n) is 6.66. The summed E-state index contributed by atoms with van der Waals surface area (Å²) in [6.07, 6.45) is 7.16. The molecular weight excluding hydrogens is 232 g/mol. The van der Waals surface area contributed by atoms with Crippen molar-refractivity contribution in [1.29, 1.82) is 0 Å². The minimum absolute atomic E-state index is 0.958. The molecule has 0 aliphatic carbocycles. The number of nitrogens with zero attached hydrogens (tertiary/aromatic N) is 1. The van der Waals surface area contributed by atoms with E-state index in [0.29, 0.717) is 0 Å². The highest BCUT2D eigenvalue weighted by molar-refractivity contribution is 5.62. The van der Waals surface area contributed by atoms with Crippen LogP contribution in [0.4, 0.5) is 0 Å². The van der Waals surface area contributed by atoms with Crippen LogP contribution in [-0.2, 0) is 0 Å². The van der Waals surface area contributed by atoms with Crippen molar-refractivity contribution < 1.29 is 0 Å². The number of allylic oxidation sites excluding steroid dienone is 1. The molecule has 0 bridgehead atoms. The Balaban J connectivity index is 1.97. The summed E-state index contributed by atoms with van der Waals surface area (Å²) in [4.78, 5) is 0. The number of rotatable bonds is 4. The number of H-pyrrole nitrogens is 1. The van der Waals surface area contributed by atoms with E-state index in [1.165, 1.54) is 12.8 Å². The van der Waals surface area contributed by atoms with Gasteiger partial charge in [0.15, 0.2) is 0 Å². The normalized spacial score (nSPS) is 10.4. The zero-order valence-corrected chi connectivity index (χ0v) is 11.2. The van der Waals surface area contributed by atoms with Gasteiger partial charge in [0.1, 0.15) is 0 Å². The molecule has 1 aromatic carbocycles. The zero-order chi connectivity index (χ0) is 13.3. The Kier molecular flexibility index (Phi) is 5.01. The molecular formula is C17H18N2. The minimum atomic E-state index is 0.958. The van der Waals surface area contributed by atoms with Gasteiger partial charge in [-0.3, -0.25) is 5.10 Å². The van der Waals surface area contributed by atoms with E-state index in [-0.39, 0.29) is 0 Å². The molecule has 1 N–H and O–H groups in total. The summed E-state index contributed by atoms with van der Waals surface area (Å²) in [5.74, 6) is 6.16.